The number of thioether (sulfide) groups is 1. The van der Waals surface area contributed by atoms with Crippen molar-refractivity contribution in [2.24, 2.45) is 5.73 Å². The van der Waals surface area contributed by atoms with E-state index in [1.807, 2.05) is 18.4 Å². The molecule has 2 aliphatic heterocycles. The molecule has 0 aromatic carbocycles. The molecule has 30 heavy (non-hydrogen) atoms. The Hall–Kier alpha value is -1.99. The number of nitrogen functional groups attached to an aromatic ring is 1. The molecule has 11 nitrogen and oxygen atoms in total. The predicted octanol–water partition coefficient (Wildman–Crippen LogP) is 0.0226. The van der Waals surface area contributed by atoms with Crippen LogP contribution in [0.2, 0.25) is 0 Å². The van der Waals surface area contributed by atoms with E-state index in [1.165, 1.54) is 6.33 Å². The van der Waals surface area contributed by atoms with Gasteiger partial charge in [0.05, 0.1) is 18.5 Å². The quantitative estimate of drug-likeness (QED) is 0.505. The van der Waals surface area contributed by atoms with Gasteiger partial charge in [-0.15, -0.1) is 0 Å². The molecule has 5 N–H and O–H groups in total. The van der Waals surface area contributed by atoms with Gasteiger partial charge < -0.3 is 31.0 Å². The van der Waals surface area contributed by atoms with Gasteiger partial charge >= 0.3 is 0 Å². The average molecular weight is 438 g/mol. The van der Waals surface area contributed by atoms with Crippen molar-refractivity contribution < 1.29 is 19.0 Å². The van der Waals surface area contributed by atoms with Crippen LogP contribution in [0.25, 0.3) is 11.2 Å². The van der Waals surface area contributed by atoms with Gasteiger partial charge in [-0.25, -0.2) is 15.0 Å². The summed E-state index contributed by atoms with van der Waals surface area (Å²) in [5, 5.41) is 2.56. The molecule has 1 amide bonds. The van der Waals surface area contributed by atoms with Crippen LogP contribution in [0.5, 0.6) is 0 Å². The second kappa shape index (κ2) is 8.27. The maximum Gasteiger partial charge on any atom is 0.236 e. The van der Waals surface area contributed by atoms with E-state index in [0.29, 0.717) is 29.2 Å². The molecule has 0 bridgehead atoms. The first-order valence-electron chi connectivity index (χ1n) is 9.80. The number of anilines is 1. The van der Waals surface area contributed by atoms with Crippen LogP contribution in [0.3, 0.4) is 0 Å². The maximum atomic E-state index is 11.6. The van der Waals surface area contributed by atoms with E-state index in [9.17, 15) is 4.79 Å². The third-order valence-corrected chi connectivity index (χ3v) is 6.31. The summed E-state index contributed by atoms with van der Waals surface area (Å²) < 4.78 is 20.5. The molecule has 0 spiro atoms. The zero-order valence-electron chi connectivity index (χ0n) is 17.1. The fourth-order valence-electron chi connectivity index (χ4n) is 3.80. The van der Waals surface area contributed by atoms with Crippen LogP contribution >= 0.6 is 11.8 Å². The fraction of sp³-hybridized carbons (Fsp3) is 0.667. The highest BCUT2D eigenvalue weighted by Gasteiger charge is 2.56. The number of ether oxygens (including phenoxy) is 3. The minimum absolute atomic E-state index is 0.157. The third kappa shape index (κ3) is 3.97. The number of likely N-dealkylation sites (N-methyl/N-ethyl adjacent to an activating group) is 1. The summed E-state index contributed by atoms with van der Waals surface area (Å²) in [6, 6.07) is -0.514. The van der Waals surface area contributed by atoms with Crippen molar-refractivity contribution in [2.45, 2.75) is 56.6 Å². The first kappa shape index (κ1) is 21.2. The summed E-state index contributed by atoms with van der Waals surface area (Å²) in [5.74, 6) is 0.860. The minimum atomic E-state index is -0.716. The Kier molecular flexibility index (Phi) is 5.86. The van der Waals surface area contributed by atoms with E-state index in [0.717, 1.165) is 5.75 Å². The molecule has 4 heterocycles. The van der Waals surface area contributed by atoms with Gasteiger partial charge in [0.15, 0.2) is 23.5 Å². The van der Waals surface area contributed by atoms with Gasteiger partial charge in [0.2, 0.25) is 5.91 Å². The molecule has 164 valence electrons. The number of rotatable bonds is 7. The van der Waals surface area contributed by atoms with Crippen molar-refractivity contribution in [3.63, 3.8) is 0 Å². The summed E-state index contributed by atoms with van der Waals surface area (Å²) in [7, 11) is 1.58. The van der Waals surface area contributed by atoms with Crippen LogP contribution in [0.15, 0.2) is 12.7 Å². The van der Waals surface area contributed by atoms with E-state index >= 15 is 0 Å². The summed E-state index contributed by atoms with van der Waals surface area (Å²) in [5.41, 5.74) is 12.9. The highest BCUT2D eigenvalue weighted by Crippen LogP contribution is 2.44. The molecule has 0 aliphatic carbocycles. The lowest BCUT2D eigenvalue weighted by atomic mass is 10.1. The smallest absolute Gasteiger partial charge is 0.236 e. The molecule has 12 heteroatoms. The number of fused-ring (bicyclic) bond motifs is 2. The van der Waals surface area contributed by atoms with Gasteiger partial charge in [0, 0.05) is 12.8 Å². The van der Waals surface area contributed by atoms with Gasteiger partial charge in [-0.1, -0.05) is 0 Å². The van der Waals surface area contributed by atoms with Gasteiger partial charge in [0.25, 0.3) is 0 Å². The Labute approximate surface area is 178 Å². The highest BCUT2D eigenvalue weighted by atomic mass is 32.2. The summed E-state index contributed by atoms with van der Waals surface area (Å²) in [6.07, 6.45) is 2.44. The van der Waals surface area contributed by atoms with Crippen molar-refractivity contribution in [3.8, 4) is 0 Å². The number of amides is 1. The topological polar surface area (TPSA) is 152 Å². The predicted molar refractivity (Wildman–Crippen MR) is 111 cm³/mol. The Balaban J connectivity index is 1.47. The molecule has 0 radical (unpaired) electrons. The Morgan fingerprint density at radius 2 is 2.10 bits per heavy atom. The van der Waals surface area contributed by atoms with Crippen molar-refractivity contribution >= 4 is 34.7 Å². The fourth-order valence-corrected chi connectivity index (χ4v) is 4.89. The third-order valence-electron chi connectivity index (χ3n) is 5.23. The lowest BCUT2D eigenvalue weighted by Crippen LogP contribution is -2.39. The van der Waals surface area contributed by atoms with Crippen LogP contribution < -0.4 is 16.8 Å². The monoisotopic (exact) mass is 437 g/mol. The molecule has 2 aromatic heterocycles. The Morgan fingerprint density at radius 3 is 2.87 bits per heavy atom. The minimum Gasteiger partial charge on any atom is -0.382 e. The molecule has 2 fully saturated rings. The summed E-state index contributed by atoms with van der Waals surface area (Å²) >= 11 is 1.67. The lowest BCUT2D eigenvalue weighted by Gasteiger charge is -2.24. The van der Waals surface area contributed by atoms with Crippen LogP contribution in [0.1, 0.15) is 26.5 Å². The number of nitrogens with two attached hydrogens (primary N) is 2. The summed E-state index contributed by atoms with van der Waals surface area (Å²) in [6.45, 7) is 3.78. The largest absolute Gasteiger partial charge is 0.382 e. The highest BCUT2D eigenvalue weighted by molar-refractivity contribution is 7.99. The number of carbonyl (C=O) groups is 1. The van der Waals surface area contributed by atoms with Crippen LogP contribution in [-0.2, 0) is 19.0 Å². The maximum absolute atomic E-state index is 11.6. The van der Waals surface area contributed by atoms with Crippen LogP contribution in [-0.4, -0.2) is 74.1 Å². The van der Waals surface area contributed by atoms with E-state index < -0.39 is 18.1 Å². The zero-order valence-corrected chi connectivity index (χ0v) is 18.0. The van der Waals surface area contributed by atoms with E-state index in [4.69, 9.17) is 25.7 Å². The van der Waals surface area contributed by atoms with E-state index in [2.05, 4.69) is 20.3 Å². The average Bonchev–Trinajstić information content (AvgIpc) is 3.36. The molecule has 2 aliphatic rings. The van der Waals surface area contributed by atoms with Gasteiger partial charge in [0.1, 0.15) is 24.1 Å². The second-order valence-electron chi connectivity index (χ2n) is 7.80. The molecule has 2 saturated heterocycles. The number of carbonyl (C=O) groups excluding carboxylic acids is 1. The van der Waals surface area contributed by atoms with E-state index in [1.54, 1.807) is 25.1 Å². The van der Waals surface area contributed by atoms with Gasteiger partial charge in [-0.3, -0.25) is 9.36 Å². The second-order valence-corrected chi connectivity index (χ2v) is 8.95. The van der Waals surface area contributed by atoms with Gasteiger partial charge in [-0.05, 0) is 26.0 Å². The Bertz CT molecular complexity index is 923. The van der Waals surface area contributed by atoms with Gasteiger partial charge in [-0.2, -0.15) is 11.8 Å². The van der Waals surface area contributed by atoms with Crippen molar-refractivity contribution in [1.29, 1.82) is 0 Å². The summed E-state index contributed by atoms with van der Waals surface area (Å²) in [4.78, 5) is 24.2. The molecular weight excluding hydrogens is 410 g/mol. The molecule has 2 aromatic rings. The normalized spacial score (nSPS) is 28.5. The SMILES string of the molecule is CNC(=O)[C@@H](N)CCSC[C@H]1O[C@@H](n2cnc3c(N)ncnc32)[C@@H]2OC(C)(C)O[C@@H]21. The number of imidazole rings is 1. The van der Waals surface area contributed by atoms with E-state index in [-0.39, 0.29) is 24.2 Å². The first-order chi connectivity index (χ1) is 14.3. The number of nitrogens with zero attached hydrogens (tertiary/aromatic N) is 4. The van der Waals surface area contributed by atoms with Crippen molar-refractivity contribution in [2.75, 3.05) is 24.3 Å². The van der Waals surface area contributed by atoms with Crippen LogP contribution in [0, 0.1) is 0 Å². The molecular formula is C18H27N7O4S. The van der Waals surface area contributed by atoms with Crippen molar-refractivity contribution in [3.05, 3.63) is 12.7 Å². The lowest BCUT2D eigenvalue weighted by molar-refractivity contribution is -0.193. The number of aromatic nitrogens is 4. The molecule has 5 atom stereocenters. The standard InChI is InChI=1S/C18H27N7O4S/c1-18(2)28-12-10(6-30-5-4-9(19)16(26)21-3)27-17(13(12)29-18)25-8-24-11-14(20)22-7-23-15(11)25/h7-10,12-13,17H,4-6,19H2,1-3H3,(H,21,26)(H2,20,22,23)/t9-,10+,12+,13+,17+/m0/s1. The first-order valence-corrected chi connectivity index (χ1v) is 10.9. The van der Waals surface area contributed by atoms with Crippen LogP contribution in [0.4, 0.5) is 5.82 Å². The zero-order chi connectivity index (χ0) is 21.5. The number of hydrogen-bond acceptors (Lipinski definition) is 10. The Morgan fingerprint density at radius 1 is 1.33 bits per heavy atom. The molecule has 4 rings (SSSR count). The number of nitrogens with one attached hydrogen (secondary N) is 1. The molecule has 0 saturated carbocycles. The molecule has 0 unspecified atom stereocenters. The van der Waals surface area contributed by atoms with Crippen molar-refractivity contribution in [1.82, 2.24) is 24.8 Å². The number of hydrogen-bond donors (Lipinski definition) is 3.